The van der Waals surface area contributed by atoms with E-state index in [0.29, 0.717) is 6.54 Å². The Kier molecular flexibility index (Phi) is 6.44. The van der Waals surface area contributed by atoms with Crippen molar-refractivity contribution in [3.8, 4) is 0 Å². The molecule has 2 aromatic rings. The Hall–Kier alpha value is -1.45. The standard InChI is InChI=1S/C21H24ClNOS/c22-19-10-8-17(9-11-19)16-25-15-14-23-20(24)21(12-4-5-13-21)18-6-2-1-3-7-18/h1-3,6-11H,4-5,12-16H2,(H,23,24). The van der Waals surface area contributed by atoms with Crippen LogP contribution in [0.4, 0.5) is 0 Å². The highest BCUT2D eigenvalue weighted by Gasteiger charge is 2.42. The second-order valence-corrected chi connectivity index (χ2v) is 8.13. The van der Waals surface area contributed by atoms with Crippen LogP contribution in [0.25, 0.3) is 0 Å². The van der Waals surface area contributed by atoms with Gasteiger partial charge in [-0.3, -0.25) is 4.79 Å². The van der Waals surface area contributed by atoms with E-state index in [1.807, 2.05) is 42.1 Å². The Balaban J connectivity index is 1.48. The molecule has 0 saturated heterocycles. The van der Waals surface area contributed by atoms with E-state index in [9.17, 15) is 4.79 Å². The first-order valence-corrected chi connectivity index (χ1v) is 10.4. The van der Waals surface area contributed by atoms with Crippen molar-refractivity contribution in [3.05, 3.63) is 70.7 Å². The van der Waals surface area contributed by atoms with Crippen LogP contribution >= 0.6 is 23.4 Å². The zero-order chi connectivity index (χ0) is 17.5. The van der Waals surface area contributed by atoms with Crippen molar-refractivity contribution in [2.45, 2.75) is 36.9 Å². The number of carbonyl (C=O) groups excluding carboxylic acids is 1. The van der Waals surface area contributed by atoms with Gasteiger partial charge in [0.1, 0.15) is 0 Å². The molecule has 25 heavy (non-hydrogen) atoms. The van der Waals surface area contributed by atoms with E-state index in [-0.39, 0.29) is 11.3 Å². The van der Waals surface area contributed by atoms with Crippen LogP contribution in [-0.4, -0.2) is 18.2 Å². The lowest BCUT2D eigenvalue weighted by Crippen LogP contribution is -2.43. The maximum atomic E-state index is 12.9. The average Bonchev–Trinajstić information content (AvgIpc) is 3.15. The van der Waals surface area contributed by atoms with Crippen LogP contribution in [0, 0.1) is 0 Å². The average molecular weight is 374 g/mol. The summed E-state index contributed by atoms with van der Waals surface area (Å²) in [5.41, 5.74) is 2.11. The van der Waals surface area contributed by atoms with Gasteiger partial charge in [-0.25, -0.2) is 0 Å². The second-order valence-electron chi connectivity index (χ2n) is 6.59. The van der Waals surface area contributed by atoms with E-state index < -0.39 is 0 Å². The molecule has 1 aliphatic carbocycles. The van der Waals surface area contributed by atoms with Gasteiger partial charge in [-0.05, 0) is 36.1 Å². The summed E-state index contributed by atoms with van der Waals surface area (Å²) in [7, 11) is 0. The molecule has 1 amide bonds. The molecular formula is C21H24ClNOS. The van der Waals surface area contributed by atoms with E-state index in [2.05, 4.69) is 29.6 Å². The molecule has 2 aromatic carbocycles. The molecule has 1 saturated carbocycles. The summed E-state index contributed by atoms with van der Waals surface area (Å²) in [5.74, 6) is 2.05. The Morgan fingerprint density at radius 3 is 2.40 bits per heavy atom. The van der Waals surface area contributed by atoms with E-state index in [1.165, 1.54) is 11.1 Å². The first-order valence-electron chi connectivity index (χ1n) is 8.87. The van der Waals surface area contributed by atoms with Crippen molar-refractivity contribution in [2.24, 2.45) is 0 Å². The van der Waals surface area contributed by atoms with Gasteiger partial charge >= 0.3 is 0 Å². The summed E-state index contributed by atoms with van der Waals surface area (Å²) in [4.78, 5) is 12.9. The Morgan fingerprint density at radius 2 is 1.72 bits per heavy atom. The van der Waals surface area contributed by atoms with E-state index in [0.717, 1.165) is 42.2 Å². The number of benzene rings is 2. The predicted octanol–water partition coefficient (Wildman–Crippen LogP) is 5.20. The molecule has 0 unspecified atom stereocenters. The molecule has 1 aliphatic rings. The summed E-state index contributed by atoms with van der Waals surface area (Å²) >= 11 is 7.74. The lowest BCUT2D eigenvalue weighted by molar-refractivity contribution is -0.126. The van der Waals surface area contributed by atoms with Gasteiger partial charge < -0.3 is 5.32 Å². The van der Waals surface area contributed by atoms with Gasteiger partial charge in [-0.15, -0.1) is 0 Å². The molecule has 0 atom stereocenters. The number of amides is 1. The monoisotopic (exact) mass is 373 g/mol. The fraction of sp³-hybridized carbons (Fsp3) is 0.381. The van der Waals surface area contributed by atoms with Crippen molar-refractivity contribution in [2.75, 3.05) is 12.3 Å². The molecule has 1 fully saturated rings. The van der Waals surface area contributed by atoms with Crippen molar-refractivity contribution in [1.29, 1.82) is 0 Å². The molecule has 0 spiro atoms. The SMILES string of the molecule is O=C(NCCSCc1ccc(Cl)cc1)C1(c2ccccc2)CCCC1. The van der Waals surface area contributed by atoms with Gasteiger partial charge in [0.25, 0.3) is 0 Å². The van der Waals surface area contributed by atoms with E-state index in [4.69, 9.17) is 11.6 Å². The molecule has 0 aliphatic heterocycles. The van der Waals surface area contributed by atoms with Crippen molar-refractivity contribution in [3.63, 3.8) is 0 Å². The Labute approximate surface area is 159 Å². The molecule has 0 aromatic heterocycles. The first kappa shape index (κ1) is 18.3. The fourth-order valence-corrected chi connectivity index (χ4v) is 4.50. The number of thioether (sulfide) groups is 1. The minimum Gasteiger partial charge on any atom is -0.355 e. The minimum atomic E-state index is -0.317. The van der Waals surface area contributed by atoms with Crippen molar-refractivity contribution >= 4 is 29.3 Å². The smallest absolute Gasteiger partial charge is 0.230 e. The first-order chi connectivity index (χ1) is 12.2. The summed E-state index contributed by atoms with van der Waals surface area (Å²) < 4.78 is 0. The van der Waals surface area contributed by atoms with Gasteiger partial charge in [0.05, 0.1) is 5.41 Å². The zero-order valence-electron chi connectivity index (χ0n) is 14.3. The quantitative estimate of drug-likeness (QED) is 0.675. The lowest BCUT2D eigenvalue weighted by Gasteiger charge is -2.28. The van der Waals surface area contributed by atoms with Crippen LogP contribution in [0.2, 0.25) is 5.02 Å². The van der Waals surface area contributed by atoms with Gasteiger partial charge in [0.15, 0.2) is 0 Å². The molecular weight excluding hydrogens is 350 g/mol. The van der Waals surface area contributed by atoms with Gasteiger partial charge in [0.2, 0.25) is 5.91 Å². The molecule has 0 bridgehead atoms. The van der Waals surface area contributed by atoms with Crippen LogP contribution in [0.1, 0.15) is 36.8 Å². The highest BCUT2D eigenvalue weighted by Crippen LogP contribution is 2.41. The number of halogens is 1. The number of carbonyl (C=O) groups is 1. The number of nitrogens with one attached hydrogen (secondary N) is 1. The minimum absolute atomic E-state index is 0.197. The normalized spacial score (nSPS) is 15.9. The molecule has 0 radical (unpaired) electrons. The topological polar surface area (TPSA) is 29.1 Å². The summed E-state index contributed by atoms with van der Waals surface area (Å²) in [5, 5.41) is 3.95. The van der Waals surface area contributed by atoms with Crippen LogP contribution in [0.15, 0.2) is 54.6 Å². The summed E-state index contributed by atoms with van der Waals surface area (Å²) in [6, 6.07) is 18.2. The fourth-order valence-electron chi connectivity index (χ4n) is 3.56. The maximum Gasteiger partial charge on any atom is 0.230 e. The third-order valence-electron chi connectivity index (χ3n) is 4.93. The second kappa shape index (κ2) is 8.77. The van der Waals surface area contributed by atoms with Crippen molar-refractivity contribution in [1.82, 2.24) is 5.32 Å². The molecule has 4 heteroatoms. The summed E-state index contributed by atoms with van der Waals surface area (Å²) in [6.45, 7) is 0.714. The highest BCUT2D eigenvalue weighted by atomic mass is 35.5. The molecule has 1 N–H and O–H groups in total. The van der Waals surface area contributed by atoms with Gasteiger partial charge in [-0.1, -0.05) is 66.9 Å². The highest BCUT2D eigenvalue weighted by molar-refractivity contribution is 7.98. The maximum absolute atomic E-state index is 12.9. The summed E-state index contributed by atoms with van der Waals surface area (Å²) in [6.07, 6.45) is 4.18. The Morgan fingerprint density at radius 1 is 1.04 bits per heavy atom. The van der Waals surface area contributed by atoms with Crippen LogP contribution in [0.5, 0.6) is 0 Å². The largest absolute Gasteiger partial charge is 0.355 e. The van der Waals surface area contributed by atoms with Gasteiger partial charge in [0, 0.05) is 23.1 Å². The van der Waals surface area contributed by atoms with Gasteiger partial charge in [-0.2, -0.15) is 11.8 Å². The van der Waals surface area contributed by atoms with Crippen molar-refractivity contribution < 1.29 is 4.79 Å². The lowest BCUT2D eigenvalue weighted by atomic mass is 9.78. The van der Waals surface area contributed by atoms with Crippen LogP contribution in [-0.2, 0) is 16.0 Å². The van der Waals surface area contributed by atoms with E-state index in [1.54, 1.807) is 0 Å². The van der Waals surface area contributed by atoms with Crippen LogP contribution < -0.4 is 5.32 Å². The molecule has 0 heterocycles. The van der Waals surface area contributed by atoms with Crippen LogP contribution in [0.3, 0.4) is 0 Å². The molecule has 3 rings (SSSR count). The number of hydrogen-bond acceptors (Lipinski definition) is 2. The molecule has 132 valence electrons. The number of rotatable bonds is 7. The Bertz CT molecular complexity index is 681. The predicted molar refractivity (Wildman–Crippen MR) is 107 cm³/mol. The number of hydrogen-bond donors (Lipinski definition) is 1. The third kappa shape index (κ3) is 4.59. The van der Waals surface area contributed by atoms with E-state index >= 15 is 0 Å². The molecule has 2 nitrogen and oxygen atoms in total. The zero-order valence-corrected chi connectivity index (χ0v) is 15.9. The third-order valence-corrected chi connectivity index (χ3v) is 6.21.